The van der Waals surface area contributed by atoms with Crippen molar-refractivity contribution in [1.82, 2.24) is 0 Å². The SMILES string of the molecule is Cc1cc([N+](=O)[O-])c(B(O)O)cc1Cl. The predicted octanol–water partition coefficient (Wildman–Crippen LogP) is 0.236. The lowest BCUT2D eigenvalue weighted by molar-refractivity contribution is -0.383. The monoisotopic (exact) mass is 215 g/mol. The molecule has 5 nitrogen and oxygen atoms in total. The molecule has 0 atom stereocenters. The van der Waals surface area contributed by atoms with E-state index in [1.165, 1.54) is 12.1 Å². The second-order valence-corrected chi connectivity index (χ2v) is 3.20. The van der Waals surface area contributed by atoms with Crippen LogP contribution in [0.15, 0.2) is 12.1 Å². The topological polar surface area (TPSA) is 83.6 Å². The Morgan fingerprint density at radius 2 is 2.07 bits per heavy atom. The summed E-state index contributed by atoms with van der Waals surface area (Å²) in [6.07, 6.45) is 0. The van der Waals surface area contributed by atoms with Gasteiger partial charge in [-0.15, -0.1) is 0 Å². The number of nitro groups is 1. The maximum atomic E-state index is 10.5. The lowest BCUT2D eigenvalue weighted by Crippen LogP contribution is -2.32. The van der Waals surface area contributed by atoms with E-state index in [1.807, 2.05) is 0 Å². The van der Waals surface area contributed by atoms with Gasteiger partial charge in [0, 0.05) is 11.1 Å². The third-order valence-corrected chi connectivity index (χ3v) is 2.19. The number of nitrogens with zero attached hydrogens (tertiary/aromatic N) is 1. The second-order valence-electron chi connectivity index (χ2n) is 2.79. The molecular weight excluding hydrogens is 208 g/mol. The Morgan fingerprint density at radius 1 is 1.50 bits per heavy atom. The van der Waals surface area contributed by atoms with E-state index in [1.54, 1.807) is 6.92 Å². The first kappa shape index (κ1) is 11.0. The fourth-order valence-electron chi connectivity index (χ4n) is 1.05. The highest BCUT2D eigenvalue weighted by atomic mass is 35.5. The van der Waals surface area contributed by atoms with Gasteiger partial charge >= 0.3 is 7.12 Å². The number of halogens is 1. The van der Waals surface area contributed by atoms with Gasteiger partial charge in [0.25, 0.3) is 5.69 Å². The highest BCUT2D eigenvalue weighted by Crippen LogP contribution is 2.19. The second kappa shape index (κ2) is 3.95. The van der Waals surface area contributed by atoms with Gasteiger partial charge in [0.15, 0.2) is 0 Å². The zero-order valence-corrected chi connectivity index (χ0v) is 8.02. The van der Waals surface area contributed by atoms with E-state index in [0.29, 0.717) is 5.56 Å². The van der Waals surface area contributed by atoms with Crippen molar-refractivity contribution in [3.8, 4) is 0 Å². The Kier molecular flexibility index (Phi) is 3.10. The molecule has 0 heterocycles. The number of aryl methyl sites for hydroxylation is 1. The third kappa shape index (κ3) is 2.04. The fourth-order valence-corrected chi connectivity index (χ4v) is 1.22. The van der Waals surface area contributed by atoms with Crippen LogP contribution in [0.1, 0.15) is 5.56 Å². The molecule has 0 radical (unpaired) electrons. The average Bonchev–Trinajstić information content (AvgIpc) is 2.08. The summed E-state index contributed by atoms with van der Waals surface area (Å²) in [6, 6.07) is 2.39. The molecule has 0 aliphatic heterocycles. The van der Waals surface area contributed by atoms with Gasteiger partial charge in [-0.2, -0.15) is 0 Å². The molecule has 0 spiro atoms. The molecule has 0 bridgehead atoms. The number of nitro benzene ring substituents is 1. The van der Waals surface area contributed by atoms with Crippen LogP contribution in [0.3, 0.4) is 0 Å². The van der Waals surface area contributed by atoms with E-state index < -0.39 is 12.0 Å². The van der Waals surface area contributed by atoms with E-state index in [4.69, 9.17) is 21.6 Å². The predicted molar refractivity (Wildman–Crippen MR) is 52.7 cm³/mol. The van der Waals surface area contributed by atoms with Crippen molar-refractivity contribution in [1.29, 1.82) is 0 Å². The number of rotatable bonds is 2. The molecule has 0 fully saturated rings. The van der Waals surface area contributed by atoms with Crippen molar-refractivity contribution in [3.05, 3.63) is 32.8 Å². The van der Waals surface area contributed by atoms with E-state index >= 15 is 0 Å². The Labute approximate surface area is 85.2 Å². The molecule has 2 N–H and O–H groups in total. The first-order chi connectivity index (χ1) is 6.43. The fraction of sp³-hybridized carbons (Fsp3) is 0.143. The smallest absolute Gasteiger partial charge is 0.423 e. The normalized spacial score (nSPS) is 10.0. The molecule has 1 aromatic rings. The first-order valence-electron chi connectivity index (χ1n) is 3.74. The maximum Gasteiger partial charge on any atom is 0.495 e. The Morgan fingerprint density at radius 3 is 2.50 bits per heavy atom. The lowest BCUT2D eigenvalue weighted by Gasteiger charge is -2.04. The summed E-state index contributed by atoms with van der Waals surface area (Å²) in [5.41, 5.74) is -0.0322. The molecule has 0 amide bonds. The lowest BCUT2D eigenvalue weighted by atomic mass is 9.78. The zero-order valence-electron chi connectivity index (χ0n) is 7.27. The van der Waals surface area contributed by atoms with Crippen LogP contribution >= 0.6 is 11.6 Å². The van der Waals surface area contributed by atoms with Gasteiger partial charge in [0.1, 0.15) is 0 Å². The van der Waals surface area contributed by atoms with Crippen LogP contribution in [0.5, 0.6) is 0 Å². The van der Waals surface area contributed by atoms with Crippen molar-refractivity contribution >= 4 is 29.9 Å². The van der Waals surface area contributed by atoms with Gasteiger partial charge in [-0.3, -0.25) is 10.1 Å². The van der Waals surface area contributed by atoms with Crippen molar-refractivity contribution in [2.45, 2.75) is 6.92 Å². The van der Waals surface area contributed by atoms with Gasteiger partial charge in [0.2, 0.25) is 0 Å². The Hall–Kier alpha value is -1.11. The van der Waals surface area contributed by atoms with Crippen molar-refractivity contribution in [2.75, 3.05) is 0 Å². The first-order valence-corrected chi connectivity index (χ1v) is 4.12. The minimum Gasteiger partial charge on any atom is -0.423 e. The number of hydrogen-bond donors (Lipinski definition) is 2. The molecule has 0 unspecified atom stereocenters. The molecule has 0 aliphatic rings. The standard InChI is InChI=1S/C7H7BClNO4/c1-4-2-7(10(13)14)5(8(11)12)3-6(4)9/h2-3,11-12H,1H3. The Bertz CT molecular complexity index is 382. The molecule has 0 saturated carbocycles. The molecule has 1 rings (SSSR count). The van der Waals surface area contributed by atoms with Gasteiger partial charge < -0.3 is 10.0 Å². The minimum atomic E-state index is -1.89. The number of hydrogen-bond acceptors (Lipinski definition) is 4. The molecule has 0 aliphatic carbocycles. The van der Waals surface area contributed by atoms with Crippen molar-refractivity contribution in [2.24, 2.45) is 0 Å². The van der Waals surface area contributed by atoms with Crippen LogP contribution in [0.2, 0.25) is 5.02 Å². The van der Waals surface area contributed by atoms with Crippen molar-refractivity contribution in [3.63, 3.8) is 0 Å². The van der Waals surface area contributed by atoms with Gasteiger partial charge in [-0.05, 0) is 18.6 Å². The summed E-state index contributed by atoms with van der Waals surface area (Å²) in [5.74, 6) is 0. The zero-order chi connectivity index (χ0) is 10.9. The van der Waals surface area contributed by atoms with E-state index in [-0.39, 0.29) is 16.2 Å². The van der Waals surface area contributed by atoms with E-state index in [2.05, 4.69) is 0 Å². The summed E-state index contributed by atoms with van der Waals surface area (Å²) >= 11 is 5.69. The summed E-state index contributed by atoms with van der Waals surface area (Å²) in [6.45, 7) is 1.60. The maximum absolute atomic E-state index is 10.5. The molecule has 0 saturated heterocycles. The molecule has 7 heteroatoms. The highest BCUT2D eigenvalue weighted by molar-refractivity contribution is 6.60. The summed E-state index contributed by atoms with van der Waals surface area (Å²) in [7, 11) is -1.89. The largest absolute Gasteiger partial charge is 0.495 e. The molecule has 74 valence electrons. The van der Waals surface area contributed by atoms with E-state index in [9.17, 15) is 10.1 Å². The van der Waals surface area contributed by atoms with Gasteiger partial charge in [-0.1, -0.05) is 11.6 Å². The van der Waals surface area contributed by atoms with Gasteiger partial charge in [-0.25, -0.2) is 0 Å². The van der Waals surface area contributed by atoms with Crippen LogP contribution in [-0.2, 0) is 0 Å². The van der Waals surface area contributed by atoms with Crippen molar-refractivity contribution < 1.29 is 15.0 Å². The quantitative estimate of drug-likeness (QED) is 0.420. The average molecular weight is 215 g/mol. The number of benzene rings is 1. The summed E-state index contributed by atoms with van der Waals surface area (Å²) in [4.78, 5) is 9.85. The van der Waals surface area contributed by atoms with Crippen LogP contribution < -0.4 is 5.46 Å². The minimum absolute atomic E-state index is 0.203. The molecule has 14 heavy (non-hydrogen) atoms. The molecule has 1 aromatic carbocycles. The molecular formula is C7H7BClNO4. The van der Waals surface area contributed by atoms with Crippen LogP contribution in [0.4, 0.5) is 5.69 Å². The summed E-state index contributed by atoms with van der Waals surface area (Å²) in [5, 5.41) is 28.5. The highest BCUT2D eigenvalue weighted by Gasteiger charge is 2.24. The van der Waals surface area contributed by atoms with Crippen LogP contribution in [0.25, 0.3) is 0 Å². The van der Waals surface area contributed by atoms with Gasteiger partial charge in [0.05, 0.1) is 10.4 Å². The summed E-state index contributed by atoms with van der Waals surface area (Å²) < 4.78 is 0. The third-order valence-electron chi connectivity index (χ3n) is 1.78. The Balaban J connectivity index is 3.39. The van der Waals surface area contributed by atoms with E-state index in [0.717, 1.165) is 0 Å². The molecule has 0 aromatic heterocycles. The van der Waals surface area contributed by atoms with Crippen LogP contribution in [0, 0.1) is 17.0 Å². The van der Waals surface area contributed by atoms with Crippen LogP contribution in [-0.4, -0.2) is 22.1 Å².